The highest BCUT2D eigenvalue weighted by molar-refractivity contribution is 5.93. The second-order valence-electron chi connectivity index (χ2n) is 6.59. The third-order valence-electron chi connectivity index (χ3n) is 4.75. The standard InChI is InChI=1S/C21H21NO5/c23-20(22-10-4-5-11-22)19(15-6-2-1-3-7-15)27-21(24)16-8-9-17-18(14-16)26-13-12-25-17/h1-3,6-9,14,19H,4-5,10-13H2. The number of ether oxygens (including phenoxy) is 3. The molecule has 1 atom stereocenters. The molecule has 140 valence electrons. The molecule has 1 saturated heterocycles. The van der Waals surface area contributed by atoms with Gasteiger partial charge in [-0.25, -0.2) is 4.79 Å². The number of amides is 1. The van der Waals surface area contributed by atoms with E-state index in [4.69, 9.17) is 14.2 Å². The lowest BCUT2D eigenvalue weighted by molar-refractivity contribution is -0.140. The molecule has 0 aliphatic carbocycles. The fraction of sp³-hybridized carbons (Fsp3) is 0.333. The van der Waals surface area contributed by atoms with Crippen molar-refractivity contribution in [3.63, 3.8) is 0 Å². The number of fused-ring (bicyclic) bond motifs is 1. The van der Waals surface area contributed by atoms with E-state index in [1.54, 1.807) is 35.2 Å². The molecule has 0 aromatic heterocycles. The van der Waals surface area contributed by atoms with E-state index >= 15 is 0 Å². The highest BCUT2D eigenvalue weighted by atomic mass is 16.6. The van der Waals surface area contributed by atoms with Crippen LogP contribution < -0.4 is 9.47 Å². The Kier molecular flexibility index (Phi) is 4.96. The van der Waals surface area contributed by atoms with Crippen LogP contribution in [-0.2, 0) is 9.53 Å². The van der Waals surface area contributed by atoms with Crippen LogP contribution in [0.4, 0.5) is 0 Å². The maximum absolute atomic E-state index is 12.9. The van der Waals surface area contributed by atoms with E-state index in [0.717, 1.165) is 12.8 Å². The van der Waals surface area contributed by atoms with Gasteiger partial charge < -0.3 is 19.1 Å². The Morgan fingerprint density at radius 2 is 1.63 bits per heavy atom. The Morgan fingerprint density at radius 3 is 2.37 bits per heavy atom. The van der Waals surface area contributed by atoms with Gasteiger partial charge in [0.2, 0.25) is 6.10 Å². The van der Waals surface area contributed by atoms with Gasteiger partial charge in [0.25, 0.3) is 5.91 Å². The summed E-state index contributed by atoms with van der Waals surface area (Å²) in [6.45, 7) is 2.32. The van der Waals surface area contributed by atoms with Gasteiger partial charge in [0, 0.05) is 18.7 Å². The topological polar surface area (TPSA) is 65.1 Å². The van der Waals surface area contributed by atoms with Crippen LogP contribution in [0.2, 0.25) is 0 Å². The predicted octanol–water partition coefficient (Wildman–Crippen LogP) is 2.98. The number of rotatable bonds is 4. The molecule has 6 nitrogen and oxygen atoms in total. The normalized spacial score (nSPS) is 16.7. The average molecular weight is 367 g/mol. The molecule has 2 aromatic rings. The molecule has 0 saturated carbocycles. The Labute approximate surface area is 157 Å². The predicted molar refractivity (Wildman–Crippen MR) is 97.8 cm³/mol. The van der Waals surface area contributed by atoms with Crippen molar-refractivity contribution in [2.45, 2.75) is 18.9 Å². The lowest BCUT2D eigenvalue weighted by Crippen LogP contribution is -2.34. The summed E-state index contributed by atoms with van der Waals surface area (Å²) in [5.74, 6) is 0.376. The van der Waals surface area contributed by atoms with E-state index in [0.29, 0.717) is 48.9 Å². The summed E-state index contributed by atoms with van der Waals surface area (Å²) in [6.07, 6.45) is 0.997. The van der Waals surface area contributed by atoms with Crippen molar-refractivity contribution in [3.05, 3.63) is 59.7 Å². The van der Waals surface area contributed by atoms with Gasteiger partial charge in [0.1, 0.15) is 13.2 Å². The summed E-state index contributed by atoms with van der Waals surface area (Å²) in [5, 5.41) is 0. The van der Waals surface area contributed by atoms with Crippen LogP contribution in [0.5, 0.6) is 11.5 Å². The van der Waals surface area contributed by atoms with Crippen molar-refractivity contribution >= 4 is 11.9 Å². The molecule has 2 heterocycles. The van der Waals surface area contributed by atoms with Gasteiger partial charge in [-0.2, -0.15) is 0 Å². The number of nitrogens with zero attached hydrogens (tertiary/aromatic N) is 1. The Balaban J connectivity index is 1.57. The number of hydrogen-bond acceptors (Lipinski definition) is 5. The molecule has 2 aliphatic rings. The molecular formula is C21H21NO5. The Hall–Kier alpha value is -3.02. The molecule has 6 heteroatoms. The number of likely N-dealkylation sites (tertiary alicyclic amines) is 1. The van der Waals surface area contributed by atoms with Crippen molar-refractivity contribution in [1.82, 2.24) is 4.90 Å². The molecule has 1 amide bonds. The fourth-order valence-electron chi connectivity index (χ4n) is 3.34. The first-order valence-electron chi connectivity index (χ1n) is 9.17. The van der Waals surface area contributed by atoms with E-state index in [9.17, 15) is 9.59 Å². The van der Waals surface area contributed by atoms with Crippen molar-refractivity contribution in [2.75, 3.05) is 26.3 Å². The van der Waals surface area contributed by atoms with Crippen LogP contribution in [0.1, 0.15) is 34.9 Å². The van der Waals surface area contributed by atoms with Gasteiger partial charge in [-0.05, 0) is 31.0 Å². The average Bonchev–Trinajstić information content (AvgIpc) is 3.26. The van der Waals surface area contributed by atoms with Crippen LogP contribution in [0.3, 0.4) is 0 Å². The summed E-state index contributed by atoms with van der Waals surface area (Å²) in [7, 11) is 0. The van der Waals surface area contributed by atoms with Gasteiger partial charge in [-0.1, -0.05) is 30.3 Å². The zero-order chi connectivity index (χ0) is 18.6. The third-order valence-corrected chi connectivity index (χ3v) is 4.75. The Morgan fingerprint density at radius 1 is 0.926 bits per heavy atom. The molecular weight excluding hydrogens is 346 g/mol. The first-order valence-corrected chi connectivity index (χ1v) is 9.17. The van der Waals surface area contributed by atoms with Crippen molar-refractivity contribution in [1.29, 1.82) is 0 Å². The number of benzene rings is 2. The third kappa shape index (κ3) is 3.74. The summed E-state index contributed by atoms with van der Waals surface area (Å²) < 4.78 is 16.7. The van der Waals surface area contributed by atoms with E-state index in [-0.39, 0.29) is 5.91 Å². The van der Waals surface area contributed by atoms with Crippen LogP contribution in [0.25, 0.3) is 0 Å². The van der Waals surface area contributed by atoms with E-state index in [1.807, 2.05) is 18.2 Å². The van der Waals surface area contributed by atoms with Crippen LogP contribution in [0.15, 0.2) is 48.5 Å². The highest BCUT2D eigenvalue weighted by Crippen LogP contribution is 2.32. The summed E-state index contributed by atoms with van der Waals surface area (Å²) in [4.78, 5) is 27.5. The summed E-state index contributed by atoms with van der Waals surface area (Å²) in [6, 6.07) is 14.0. The molecule has 0 bridgehead atoms. The summed E-state index contributed by atoms with van der Waals surface area (Å²) >= 11 is 0. The largest absolute Gasteiger partial charge is 0.486 e. The molecule has 2 aliphatic heterocycles. The monoisotopic (exact) mass is 367 g/mol. The molecule has 1 fully saturated rings. The zero-order valence-electron chi connectivity index (χ0n) is 14.9. The molecule has 27 heavy (non-hydrogen) atoms. The maximum atomic E-state index is 12.9. The molecule has 0 N–H and O–H groups in total. The Bertz CT molecular complexity index is 830. The van der Waals surface area contributed by atoms with Crippen molar-refractivity contribution in [2.24, 2.45) is 0 Å². The quantitative estimate of drug-likeness (QED) is 0.778. The van der Waals surface area contributed by atoms with E-state index in [1.165, 1.54) is 0 Å². The van der Waals surface area contributed by atoms with E-state index < -0.39 is 12.1 Å². The fourth-order valence-corrected chi connectivity index (χ4v) is 3.34. The first kappa shape index (κ1) is 17.4. The second-order valence-corrected chi connectivity index (χ2v) is 6.59. The summed E-state index contributed by atoms with van der Waals surface area (Å²) in [5.41, 5.74) is 0.995. The second kappa shape index (κ2) is 7.70. The van der Waals surface area contributed by atoms with Crippen LogP contribution in [-0.4, -0.2) is 43.1 Å². The minimum absolute atomic E-state index is 0.176. The molecule has 2 aromatic carbocycles. The van der Waals surface area contributed by atoms with Gasteiger partial charge >= 0.3 is 5.97 Å². The minimum Gasteiger partial charge on any atom is -0.486 e. The van der Waals surface area contributed by atoms with Gasteiger partial charge in [0.05, 0.1) is 5.56 Å². The zero-order valence-corrected chi connectivity index (χ0v) is 14.9. The van der Waals surface area contributed by atoms with Crippen molar-refractivity contribution in [3.8, 4) is 11.5 Å². The molecule has 1 unspecified atom stereocenters. The number of carbonyl (C=O) groups excluding carboxylic acids is 2. The number of esters is 1. The molecule has 0 radical (unpaired) electrons. The minimum atomic E-state index is -0.954. The van der Waals surface area contributed by atoms with Gasteiger partial charge in [0.15, 0.2) is 11.5 Å². The molecule has 0 spiro atoms. The van der Waals surface area contributed by atoms with E-state index in [2.05, 4.69) is 0 Å². The first-order chi connectivity index (χ1) is 13.2. The van der Waals surface area contributed by atoms with Gasteiger partial charge in [-0.3, -0.25) is 4.79 Å². The lowest BCUT2D eigenvalue weighted by atomic mass is 10.1. The molecule has 4 rings (SSSR count). The highest BCUT2D eigenvalue weighted by Gasteiger charge is 2.31. The van der Waals surface area contributed by atoms with Crippen LogP contribution in [0, 0.1) is 0 Å². The lowest BCUT2D eigenvalue weighted by Gasteiger charge is -2.24. The van der Waals surface area contributed by atoms with Crippen molar-refractivity contribution < 1.29 is 23.8 Å². The maximum Gasteiger partial charge on any atom is 0.339 e. The SMILES string of the molecule is O=C(OC(C(=O)N1CCCC1)c1ccccc1)c1ccc2c(c1)OCCO2. The van der Waals surface area contributed by atoms with Crippen LogP contribution >= 0.6 is 0 Å². The smallest absolute Gasteiger partial charge is 0.339 e. The number of carbonyl (C=O) groups is 2. The number of hydrogen-bond donors (Lipinski definition) is 0. The van der Waals surface area contributed by atoms with Gasteiger partial charge in [-0.15, -0.1) is 0 Å².